The molecule has 0 aliphatic carbocycles. The number of aromatic nitrogens is 5. The summed E-state index contributed by atoms with van der Waals surface area (Å²) >= 11 is 6.25. The summed E-state index contributed by atoms with van der Waals surface area (Å²) in [5.41, 5.74) is 0.920. The number of rotatable bonds is 2. The Hall–Kier alpha value is -1.69. The van der Waals surface area contributed by atoms with Gasteiger partial charge in [0.05, 0.1) is 6.54 Å². The van der Waals surface area contributed by atoms with Crippen molar-refractivity contribution in [2.75, 3.05) is 11.4 Å². The minimum atomic E-state index is 0.250. The molecule has 1 aliphatic heterocycles. The lowest BCUT2D eigenvalue weighted by Gasteiger charge is -2.29. The van der Waals surface area contributed by atoms with Crippen molar-refractivity contribution < 1.29 is 0 Å². The van der Waals surface area contributed by atoms with E-state index < -0.39 is 0 Å². The molecule has 0 radical (unpaired) electrons. The first-order valence-electron chi connectivity index (χ1n) is 6.72. The average molecular weight is 293 g/mol. The van der Waals surface area contributed by atoms with Crippen molar-refractivity contribution in [2.24, 2.45) is 0 Å². The smallest absolute Gasteiger partial charge is 0.152 e. The molecule has 2 aromatic rings. The van der Waals surface area contributed by atoms with E-state index in [0.717, 1.165) is 36.1 Å². The molecule has 2 aromatic heterocycles. The highest BCUT2D eigenvalue weighted by Gasteiger charge is 2.22. The quantitative estimate of drug-likeness (QED) is 0.794. The van der Waals surface area contributed by atoms with Crippen LogP contribution in [0.5, 0.6) is 0 Å². The molecule has 0 atom stereocenters. The first-order chi connectivity index (χ1) is 9.56. The van der Waals surface area contributed by atoms with Crippen molar-refractivity contribution in [3.63, 3.8) is 0 Å². The van der Waals surface area contributed by atoms with Gasteiger partial charge in [0.1, 0.15) is 23.1 Å². The standard InChI is InChI=1S/C13H17ClN6/c1-8(2)12-16-11(14)9(3)13(17-12)19-4-5-20-7-15-18-10(20)6-19/h7-8H,4-6H2,1-3H3. The van der Waals surface area contributed by atoms with Crippen LogP contribution in [0.15, 0.2) is 6.33 Å². The average Bonchev–Trinajstić information content (AvgIpc) is 2.88. The molecule has 0 unspecified atom stereocenters. The summed E-state index contributed by atoms with van der Waals surface area (Å²) in [7, 11) is 0. The van der Waals surface area contributed by atoms with Gasteiger partial charge < -0.3 is 9.47 Å². The molecule has 1 aliphatic rings. The van der Waals surface area contributed by atoms with Gasteiger partial charge in [0.25, 0.3) is 0 Å². The van der Waals surface area contributed by atoms with Crippen LogP contribution in [-0.2, 0) is 13.1 Å². The Labute approximate surface area is 122 Å². The van der Waals surface area contributed by atoms with E-state index in [4.69, 9.17) is 11.6 Å². The van der Waals surface area contributed by atoms with Crippen LogP contribution in [0, 0.1) is 6.92 Å². The molecule has 0 saturated carbocycles. The highest BCUT2D eigenvalue weighted by atomic mass is 35.5. The van der Waals surface area contributed by atoms with Crippen molar-refractivity contribution >= 4 is 17.4 Å². The summed E-state index contributed by atoms with van der Waals surface area (Å²) in [4.78, 5) is 11.2. The number of halogens is 1. The molecule has 6 nitrogen and oxygen atoms in total. The van der Waals surface area contributed by atoms with E-state index in [0.29, 0.717) is 11.7 Å². The fraction of sp³-hybridized carbons (Fsp3) is 0.538. The van der Waals surface area contributed by atoms with Crippen molar-refractivity contribution in [3.8, 4) is 0 Å². The van der Waals surface area contributed by atoms with Crippen molar-refractivity contribution in [1.29, 1.82) is 0 Å². The van der Waals surface area contributed by atoms with Gasteiger partial charge in [-0.3, -0.25) is 0 Å². The minimum absolute atomic E-state index is 0.250. The molecule has 0 N–H and O–H groups in total. The second-order valence-electron chi connectivity index (χ2n) is 5.34. The Morgan fingerprint density at radius 1 is 1.25 bits per heavy atom. The van der Waals surface area contributed by atoms with E-state index in [9.17, 15) is 0 Å². The van der Waals surface area contributed by atoms with Crippen LogP contribution < -0.4 is 4.90 Å². The fourth-order valence-corrected chi connectivity index (χ4v) is 2.48. The molecule has 0 amide bonds. The van der Waals surface area contributed by atoms with Crippen LogP contribution >= 0.6 is 11.6 Å². The number of hydrogen-bond donors (Lipinski definition) is 0. The van der Waals surface area contributed by atoms with E-state index in [2.05, 4.69) is 43.5 Å². The third-order valence-electron chi connectivity index (χ3n) is 3.53. The zero-order chi connectivity index (χ0) is 14.3. The molecular weight excluding hydrogens is 276 g/mol. The molecule has 0 fully saturated rings. The van der Waals surface area contributed by atoms with Gasteiger partial charge >= 0.3 is 0 Å². The van der Waals surface area contributed by atoms with Gasteiger partial charge in [0.15, 0.2) is 5.82 Å². The monoisotopic (exact) mass is 292 g/mol. The molecule has 3 heterocycles. The van der Waals surface area contributed by atoms with Crippen LogP contribution in [0.2, 0.25) is 5.15 Å². The third kappa shape index (κ3) is 2.24. The molecule has 0 saturated heterocycles. The van der Waals surface area contributed by atoms with Crippen molar-refractivity contribution in [2.45, 2.75) is 39.8 Å². The maximum Gasteiger partial charge on any atom is 0.152 e. The second-order valence-corrected chi connectivity index (χ2v) is 5.70. The van der Waals surface area contributed by atoms with Crippen molar-refractivity contribution in [1.82, 2.24) is 24.7 Å². The van der Waals surface area contributed by atoms with E-state index in [-0.39, 0.29) is 5.92 Å². The Morgan fingerprint density at radius 2 is 2.05 bits per heavy atom. The van der Waals surface area contributed by atoms with Crippen LogP contribution in [0.25, 0.3) is 0 Å². The SMILES string of the molecule is Cc1c(Cl)nc(C(C)C)nc1N1CCn2cnnc2C1. The molecular formula is C13H17ClN6. The summed E-state index contributed by atoms with van der Waals surface area (Å²) < 4.78 is 2.07. The summed E-state index contributed by atoms with van der Waals surface area (Å²) in [6.45, 7) is 8.53. The lowest BCUT2D eigenvalue weighted by Crippen LogP contribution is -2.35. The Morgan fingerprint density at radius 3 is 2.80 bits per heavy atom. The lowest BCUT2D eigenvalue weighted by molar-refractivity contribution is 0.553. The largest absolute Gasteiger partial charge is 0.347 e. The first-order valence-corrected chi connectivity index (χ1v) is 7.09. The number of nitrogens with zero attached hydrogens (tertiary/aromatic N) is 6. The third-order valence-corrected chi connectivity index (χ3v) is 3.90. The van der Waals surface area contributed by atoms with Crippen LogP contribution in [0.3, 0.4) is 0 Å². The predicted octanol–water partition coefficient (Wildman–Crippen LogP) is 2.17. The van der Waals surface area contributed by atoms with E-state index in [1.165, 1.54) is 0 Å². The van der Waals surface area contributed by atoms with E-state index in [1.807, 2.05) is 6.92 Å². The number of hydrogen-bond acceptors (Lipinski definition) is 5. The molecule has 3 rings (SSSR count). The van der Waals surface area contributed by atoms with Crippen LogP contribution in [0.4, 0.5) is 5.82 Å². The first kappa shape index (κ1) is 13.3. The fourth-order valence-electron chi connectivity index (χ4n) is 2.31. The summed E-state index contributed by atoms with van der Waals surface area (Å²) in [5.74, 6) is 2.89. The lowest BCUT2D eigenvalue weighted by atomic mass is 10.2. The highest BCUT2D eigenvalue weighted by Crippen LogP contribution is 2.27. The molecule has 106 valence electrons. The molecule has 0 aromatic carbocycles. The van der Waals surface area contributed by atoms with Crippen molar-refractivity contribution in [3.05, 3.63) is 28.7 Å². The van der Waals surface area contributed by atoms with Gasteiger partial charge in [-0.2, -0.15) is 0 Å². The minimum Gasteiger partial charge on any atom is -0.347 e. The summed E-state index contributed by atoms with van der Waals surface area (Å²) in [5, 5.41) is 8.62. The zero-order valence-corrected chi connectivity index (χ0v) is 12.6. The van der Waals surface area contributed by atoms with Gasteiger partial charge in [-0.25, -0.2) is 9.97 Å². The normalized spacial score (nSPS) is 14.8. The van der Waals surface area contributed by atoms with E-state index in [1.54, 1.807) is 6.33 Å². The predicted molar refractivity (Wildman–Crippen MR) is 76.9 cm³/mol. The second kappa shape index (κ2) is 5.01. The van der Waals surface area contributed by atoms with Gasteiger partial charge in [-0.15, -0.1) is 10.2 Å². The molecule has 7 heteroatoms. The molecule has 0 spiro atoms. The Kier molecular flexibility index (Phi) is 3.33. The molecule has 20 heavy (non-hydrogen) atoms. The zero-order valence-electron chi connectivity index (χ0n) is 11.8. The number of anilines is 1. The topological polar surface area (TPSA) is 59.7 Å². The maximum atomic E-state index is 6.25. The Balaban J connectivity index is 1.98. The van der Waals surface area contributed by atoms with Gasteiger partial charge in [0, 0.05) is 24.6 Å². The maximum absolute atomic E-state index is 6.25. The highest BCUT2D eigenvalue weighted by molar-refractivity contribution is 6.30. The van der Waals surface area contributed by atoms with Gasteiger partial charge in [-0.05, 0) is 6.92 Å². The Bertz CT molecular complexity index is 636. The van der Waals surface area contributed by atoms with Crippen LogP contribution in [-0.4, -0.2) is 31.3 Å². The van der Waals surface area contributed by atoms with Gasteiger partial charge in [-0.1, -0.05) is 25.4 Å². The van der Waals surface area contributed by atoms with E-state index >= 15 is 0 Å². The van der Waals surface area contributed by atoms with Gasteiger partial charge in [0.2, 0.25) is 0 Å². The summed E-state index contributed by atoms with van der Waals surface area (Å²) in [6, 6.07) is 0. The number of fused-ring (bicyclic) bond motifs is 1. The van der Waals surface area contributed by atoms with Crippen LogP contribution in [0.1, 0.15) is 37.0 Å². The molecule has 0 bridgehead atoms. The summed E-state index contributed by atoms with van der Waals surface area (Å²) in [6.07, 6.45) is 1.77.